The number of halogens is 3. The Balaban J connectivity index is 2.20. The normalized spacial score (nSPS) is 23.2. The summed E-state index contributed by atoms with van der Waals surface area (Å²) >= 11 is -0.289. The van der Waals surface area contributed by atoms with E-state index in [0.717, 1.165) is 0 Å². The highest BCUT2D eigenvalue weighted by Crippen LogP contribution is 2.38. The number of rotatable bonds is 2. The van der Waals surface area contributed by atoms with E-state index in [-0.39, 0.29) is 34.7 Å². The fourth-order valence-corrected chi connectivity index (χ4v) is 2.92. The van der Waals surface area contributed by atoms with Crippen LogP contribution in [-0.4, -0.2) is 40.6 Å². The molecule has 0 saturated carbocycles. The summed E-state index contributed by atoms with van der Waals surface area (Å²) in [4.78, 5) is 13.7. The van der Waals surface area contributed by atoms with Crippen molar-refractivity contribution < 1.29 is 23.1 Å². The van der Waals surface area contributed by atoms with Gasteiger partial charge in [0.2, 0.25) is 0 Å². The average molecular weight is 319 g/mol. The van der Waals surface area contributed by atoms with E-state index < -0.39 is 17.5 Å². The van der Waals surface area contributed by atoms with Gasteiger partial charge in [0.05, 0.1) is 11.7 Å². The van der Waals surface area contributed by atoms with Gasteiger partial charge in [0.25, 0.3) is 5.91 Å². The van der Waals surface area contributed by atoms with Crippen LogP contribution in [0.1, 0.15) is 23.7 Å². The topological polar surface area (TPSA) is 40.5 Å². The molecule has 1 aromatic carbocycles. The first kappa shape index (κ1) is 16.2. The van der Waals surface area contributed by atoms with Crippen molar-refractivity contribution in [2.45, 2.75) is 29.9 Å². The number of aliphatic hydroxyl groups excluding tert-OH is 1. The molecule has 1 aliphatic heterocycles. The van der Waals surface area contributed by atoms with Crippen LogP contribution in [-0.2, 0) is 0 Å². The predicted molar refractivity (Wildman–Crippen MR) is 74.0 cm³/mol. The fraction of sp³-hybridized carbons (Fsp3) is 0.500. The lowest BCUT2D eigenvalue weighted by atomic mass is 9.95. The quantitative estimate of drug-likeness (QED) is 0.852. The molecular weight excluding hydrogens is 303 g/mol. The Kier molecular flexibility index (Phi) is 4.83. The zero-order chi connectivity index (χ0) is 15.6. The van der Waals surface area contributed by atoms with Gasteiger partial charge in [0.15, 0.2) is 0 Å². The van der Waals surface area contributed by atoms with Gasteiger partial charge in [-0.05, 0) is 36.2 Å². The molecule has 3 nitrogen and oxygen atoms in total. The first-order chi connectivity index (χ1) is 9.78. The molecule has 2 rings (SSSR count). The molecule has 1 saturated heterocycles. The van der Waals surface area contributed by atoms with Gasteiger partial charge in [0.1, 0.15) is 0 Å². The van der Waals surface area contributed by atoms with Gasteiger partial charge in [-0.25, -0.2) is 0 Å². The van der Waals surface area contributed by atoms with E-state index in [0.29, 0.717) is 13.0 Å². The number of piperidine rings is 1. The summed E-state index contributed by atoms with van der Waals surface area (Å²) in [6, 6.07) is 5.68. The third-order valence-corrected chi connectivity index (χ3v) is 4.36. The molecule has 2 unspecified atom stereocenters. The van der Waals surface area contributed by atoms with Crippen LogP contribution in [0.25, 0.3) is 0 Å². The average Bonchev–Trinajstić information content (AvgIpc) is 2.40. The smallest absolute Gasteiger partial charge is 0.391 e. The first-order valence-corrected chi connectivity index (χ1v) is 7.41. The van der Waals surface area contributed by atoms with Crippen LogP contribution < -0.4 is 0 Å². The van der Waals surface area contributed by atoms with Crippen molar-refractivity contribution in [1.82, 2.24) is 4.90 Å². The number of carbonyl (C=O) groups is 1. The number of aliphatic hydroxyl groups is 1. The Hall–Kier alpha value is -1.21. The Morgan fingerprint density at radius 3 is 2.67 bits per heavy atom. The summed E-state index contributed by atoms with van der Waals surface area (Å²) in [6.45, 7) is 2.49. The maximum absolute atomic E-state index is 12.5. The summed E-state index contributed by atoms with van der Waals surface area (Å²) in [6.07, 6.45) is 0.00623. The Morgan fingerprint density at radius 1 is 1.38 bits per heavy atom. The third kappa shape index (κ3) is 4.14. The number of thioether (sulfide) groups is 1. The Morgan fingerprint density at radius 2 is 2.05 bits per heavy atom. The molecule has 21 heavy (non-hydrogen) atoms. The maximum atomic E-state index is 12.5. The van der Waals surface area contributed by atoms with Gasteiger partial charge in [-0.3, -0.25) is 4.79 Å². The van der Waals surface area contributed by atoms with Gasteiger partial charge in [-0.15, -0.1) is 0 Å². The minimum atomic E-state index is -4.44. The largest absolute Gasteiger partial charge is 0.446 e. The fourth-order valence-electron chi connectivity index (χ4n) is 2.26. The van der Waals surface area contributed by atoms with Crippen LogP contribution >= 0.6 is 11.8 Å². The summed E-state index contributed by atoms with van der Waals surface area (Å²) in [7, 11) is 0. The van der Waals surface area contributed by atoms with Gasteiger partial charge >= 0.3 is 5.51 Å². The SMILES string of the molecule is CC1CCN(C(=O)c2ccccc2SC(F)(F)F)CC1O. The van der Waals surface area contributed by atoms with E-state index in [1.54, 1.807) is 0 Å². The number of hydrogen-bond acceptors (Lipinski definition) is 3. The molecule has 1 aromatic rings. The van der Waals surface area contributed by atoms with Crippen LogP contribution in [0, 0.1) is 5.92 Å². The second-order valence-electron chi connectivity index (χ2n) is 5.13. The Bertz CT molecular complexity index is 521. The molecule has 0 aliphatic carbocycles. The van der Waals surface area contributed by atoms with Crippen LogP contribution in [0.2, 0.25) is 0 Å². The molecule has 2 atom stereocenters. The predicted octanol–water partition coefficient (Wildman–Crippen LogP) is 3.14. The minimum absolute atomic E-state index is 0.0292. The van der Waals surface area contributed by atoms with Crippen molar-refractivity contribution in [2.75, 3.05) is 13.1 Å². The van der Waals surface area contributed by atoms with Crippen LogP contribution in [0.4, 0.5) is 13.2 Å². The molecule has 0 spiro atoms. The molecule has 7 heteroatoms. The van der Waals surface area contributed by atoms with Crippen LogP contribution in [0.5, 0.6) is 0 Å². The highest BCUT2D eigenvalue weighted by Gasteiger charge is 2.33. The number of hydrogen-bond donors (Lipinski definition) is 1. The molecule has 0 radical (unpaired) electrons. The lowest BCUT2D eigenvalue weighted by molar-refractivity contribution is -0.0328. The van der Waals surface area contributed by atoms with E-state index in [1.807, 2.05) is 6.92 Å². The number of nitrogens with zero attached hydrogens (tertiary/aromatic N) is 1. The molecule has 1 amide bonds. The van der Waals surface area contributed by atoms with Crippen molar-refractivity contribution in [2.24, 2.45) is 5.92 Å². The monoisotopic (exact) mass is 319 g/mol. The number of amides is 1. The van der Waals surface area contributed by atoms with E-state index >= 15 is 0 Å². The van der Waals surface area contributed by atoms with Crippen molar-refractivity contribution >= 4 is 17.7 Å². The minimum Gasteiger partial charge on any atom is -0.391 e. The molecule has 116 valence electrons. The van der Waals surface area contributed by atoms with E-state index in [1.165, 1.54) is 29.2 Å². The van der Waals surface area contributed by atoms with Crippen molar-refractivity contribution in [3.05, 3.63) is 29.8 Å². The van der Waals surface area contributed by atoms with E-state index in [2.05, 4.69) is 0 Å². The standard InChI is InChI=1S/C14H16F3NO2S/c1-9-6-7-18(8-11(9)19)13(20)10-4-2-3-5-12(10)21-14(15,16)17/h2-5,9,11,19H,6-8H2,1H3. The molecule has 1 fully saturated rings. The molecule has 0 aromatic heterocycles. The van der Waals surface area contributed by atoms with Crippen molar-refractivity contribution in [3.63, 3.8) is 0 Å². The Labute approximate surface area is 125 Å². The van der Waals surface area contributed by atoms with Crippen molar-refractivity contribution in [3.8, 4) is 0 Å². The van der Waals surface area contributed by atoms with Crippen LogP contribution in [0.3, 0.4) is 0 Å². The summed E-state index contributed by atoms with van der Waals surface area (Å²) < 4.78 is 37.6. The lowest BCUT2D eigenvalue weighted by Gasteiger charge is -2.34. The first-order valence-electron chi connectivity index (χ1n) is 6.60. The zero-order valence-corrected chi connectivity index (χ0v) is 12.2. The number of likely N-dealkylation sites (tertiary alicyclic amines) is 1. The number of benzene rings is 1. The summed E-state index contributed by atoms with van der Waals surface area (Å²) in [5, 5.41) is 9.82. The third-order valence-electron chi connectivity index (χ3n) is 3.55. The van der Waals surface area contributed by atoms with Crippen molar-refractivity contribution in [1.29, 1.82) is 0 Å². The van der Waals surface area contributed by atoms with Gasteiger partial charge in [-0.1, -0.05) is 19.1 Å². The van der Waals surface area contributed by atoms with E-state index in [4.69, 9.17) is 0 Å². The second kappa shape index (κ2) is 6.27. The van der Waals surface area contributed by atoms with E-state index in [9.17, 15) is 23.1 Å². The maximum Gasteiger partial charge on any atom is 0.446 e. The zero-order valence-electron chi connectivity index (χ0n) is 11.4. The molecule has 1 heterocycles. The number of β-amino-alcohol motifs (C(OH)–C–C–N with tert-alkyl or cyclic N) is 1. The summed E-state index contributed by atoms with van der Waals surface area (Å²) in [5.74, 6) is -0.373. The number of carbonyl (C=O) groups excluding carboxylic acids is 1. The lowest BCUT2D eigenvalue weighted by Crippen LogP contribution is -2.45. The van der Waals surface area contributed by atoms with Gasteiger partial charge < -0.3 is 10.0 Å². The number of alkyl halides is 3. The second-order valence-corrected chi connectivity index (χ2v) is 6.24. The highest BCUT2D eigenvalue weighted by molar-refractivity contribution is 8.00. The van der Waals surface area contributed by atoms with Crippen LogP contribution in [0.15, 0.2) is 29.2 Å². The van der Waals surface area contributed by atoms with Gasteiger partial charge in [-0.2, -0.15) is 13.2 Å². The van der Waals surface area contributed by atoms with Gasteiger partial charge in [0, 0.05) is 18.0 Å². The molecule has 1 N–H and O–H groups in total. The molecule has 1 aliphatic rings. The summed E-state index contributed by atoms with van der Waals surface area (Å²) in [5.41, 5.74) is -4.41. The molecular formula is C14H16F3NO2S. The molecule has 0 bridgehead atoms. The highest BCUT2D eigenvalue weighted by atomic mass is 32.2.